The number of carbonyl (C=O) groups is 1. The Morgan fingerprint density at radius 2 is 2.18 bits per heavy atom. The van der Waals surface area contributed by atoms with E-state index in [1.165, 1.54) is 18.4 Å². The SMILES string of the molecule is CCCCc1ccc(NC(=O)N2CCO[C@@H](COC)C2)cc1. The first-order chi connectivity index (χ1) is 10.7. The molecule has 1 atom stereocenters. The van der Waals surface area contributed by atoms with Crippen LogP contribution in [0.15, 0.2) is 24.3 Å². The Morgan fingerprint density at radius 3 is 2.86 bits per heavy atom. The Hall–Kier alpha value is -1.59. The summed E-state index contributed by atoms with van der Waals surface area (Å²) >= 11 is 0. The van der Waals surface area contributed by atoms with Crippen molar-refractivity contribution < 1.29 is 14.3 Å². The number of anilines is 1. The molecule has 1 aromatic carbocycles. The van der Waals surface area contributed by atoms with Gasteiger partial charge in [0.05, 0.1) is 25.9 Å². The summed E-state index contributed by atoms with van der Waals surface area (Å²) in [6, 6.07) is 8.02. The summed E-state index contributed by atoms with van der Waals surface area (Å²) in [5.41, 5.74) is 2.14. The number of rotatable bonds is 6. The first-order valence-electron chi connectivity index (χ1n) is 7.98. The van der Waals surface area contributed by atoms with Crippen LogP contribution in [0, 0.1) is 0 Å². The van der Waals surface area contributed by atoms with Gasteiger partial charge in [-0.05, 0) is 30.5 Å². The first kappa shape index (κ1) is 16.8. The lowest BCUT2D eigenvalue weighted by molar-refractivity contribution is -0.0481. The van der Waals surface area contributed by atoms with Crippen molar-refractivity contribution in [2.24, 2.45) is 0 Å². The average molecular weight is 306 g/mol. The summed E-state index contributed by atoms with van der Waals surface area (Å²) in [4.78, 5) is 14.1. The Balaban J connectivity index is 1.85. The van der Waals surface area contributed by atoms with Gasteiger partial charge in [-0.25, -0.2) is 4.79 Å². The van der Waals surface area contributed by atoms with E-state index < -0.39 is 0 Å². The number of benzene rings is 1. The fourth-order valence-electron chi connectivity index (χ4n) is 2.53. The molecule has 1 aromatic rings. The van der Waals surface area contributed by atoms with Crippen LogP contribution in [-0.4, -0.2) is 50.4 Å². The molecule has 0 spiro atoms. The molecular weight excluding hydrogens is 280 g/mol. The quantitative estimate of drug-likeness (QED) is 0.879. The molecule has 0 aromatic heterocycles. The highest BCUT2D eigenvalue weighted by molar-refractivity contribution is 5.89. The number of nitrogens with zero attached hydrogens (tertiary/aromatic N) is 1. The molecule has 1 heterocycles. The van der Waals surface area contributed by atoms with Gasteiger partial charge in [0.2, 0.25) is 0 Å². The Kier molecular flexibility index (Phi) is 6.68. The van der Waals surface area contributed by atoms with Crippen LogP contribution in [-0.2, 0) is 15.9 Å². The van der Waals surface area contributed by atoms with Crippen molar-refractivity contribution in [3.63, 3.8) is 0 Å². The van der Waals surface area contributed by atoms with Crippen molar-refractivity contribution >= 4 is 11.7 Å². The molecule has 1 saturated heterocycles. The monoisotopic (exact) mass is 306 g/mol. The van der Waals surface area contributed by atoms with E-state index in [1.54, 1.807) is 12.0 Å². The van der Waals surface area contributed by atoms with Gasteiger partial charge >= 0.3 is 6.03 Å². The van der Waals surface area contributed by atoms with Gasteiger partial charge in [0.15, 0.2) is 0 Å². The number of morpholine rings is 1. The molecule has 1 fully saturated rings. The third kappa shape index (κ3) is 5.00. The fourth-order valence-corrected chi connectivity index (χ4v) is 2.53. The molecule has 2 rings (SSSR count). The van der Waals surface area contributed by atoms with Crippen LogP contribution in [0.2, 0.25) is 0 Å². The predicted octanol–water partition coefficient (Wildman–Crippen LogP) is 2.91. The lowest BCUT2D eigenvalue weighted by Gasteiger charge is -2.32. The van der Waals surface area contributed by atoms with Crippen molar-refractivity contribution in [1.29, 1.82) is 0 Å². The molecule has 0 saturated carbocycles. The van der Waals surface area contributed by atoms with E-state index in [1.807, 2.05) is 12.1 Å². The highest BCUT2D eigenvalue weighted by Crippen LogP contribution is 2.14. The van der Waals surface area contributed by atoms with E-state index in [0.29, 0.717) is 26.3 Å². The fraction of sp³-hybridized carbons (Fsp3) is 0.588. The predicted molar refractivity (Wildman–Crippen MR) is 87.3 cm³/mol. The van der Waals surface area contributed by atoms with E-state index in [0.717, 1.165) is 12.1 Å². The highest BCUT2D eigenvalue weighted by Gasteiger charge is 2.24. The molecule has 1 aliphatic heterocycles. The molecule has 0 unspecified atom stereocenters. The number of amides is 2. The number of hydrogen-bond acceptors (Lipinski definition) is 3. The van der Waals surface area contributed by atoms with Crippen LogP contribution in [0.4, 0.5) is 10.5 Å². The standard InChI is InChI=1S/C17H26N2O3/c1-3-4-5-14-6-8-15(9-7-14)18-17(20)19-10-11-22-16(12-19)13-21-2/h6-9,16H,3-5,10-13H2,1-2H3,(H,18,20)/t16-/m1/s1. The summed E-state index contributed by atoms with van der Waals surface area (Å²) in [7, 11) is 1.64. The minimum atomic E-state index is -0.0780. The molecule has 5 nitrogen and oxygen atoms in total. The highest BCUT2D eigenvalue weighted by atomic mass is 16.5. The lowest BCUT2D eigenvalue weighted by atomic mass is 10.1. The summed E-state index contributed by atoms with van der Waals surface area (Å²) in [6.45, 7) is 4.43. The van der Waals surface area contributed by atoms with Crippen LogP contribution >= 0.6 is 0 Å². The van der Waals surface area contributed by atoms with Crippen molar-refractivity contribution in [3.05, 3.63) is 29.8 Å². The van der Waals surface area contributed by atoms with Crippen molar-refractivity contribution in [2.45, 2.75) is 32.3 Å². The van der Waals surface area contributed by atoms with Crippen molar-refractivity contribution in [3.8, 4) is 0 Å². The Morgan fingerprint density at radius 1 is 1.41 bits per heavy atom. The van der Waals surface area contributed by atoms with Crippen LogP contribution in [0.1, 0.15) is 25.3 Å². The van der Waals surface area contributed by atoms with Gasteiger partial charge in [0, 0.05) is 19.3 Å². The number of aryl methyl sites for hydroxylation is 1. The maximum absolute atomic E-state index is 12.3. The largest absolute Gasteiger partial charge is 0.382 e. The number of unbranched alkanes of at least 4 members (excludes halogenated alkanes) is 1. The molecule has 1 aliphatic rings. The smallest absolute Gasteiger partial charge is 0.322 e. The van der Waals surface area contributed by atoms with Crippen molar-refractivity contribution in [1.82, 2.24) is 4.90 Å². The lowest BCUT2D eigenvalue weighted by Crippen LogP contribution is -2.48. The number of methoxy groups -OCH3 is 1. The summed E-state index contributed by atoms with van der Waals surface area (Å²) in [5, 5.41) is 2.95. The minimum Gasteiger partial charge on any atom is -0.382 e. The van der Waals surface area contributed by atoms with E-state index in [2.05, 4.69) is 24.4 Å². The Labute approximate surface area is 132 Å². The van der Waals surface area contributed by atoms with Gasteiger partial charge in [0.1, 0.15) is 0 Å². The maximum Gasteiger partial charge on any atom is 0.322 e. The van der Waals surface area contributed by atoms with Gasteiger partial charge in [-0.1, -0.05) is 25.5 Å². The summed E-state index contributed by atoms with van der Waals surface area (Å²) in [5.74, 6) is 0. The molecule has 0 radical (unpaired) electrons. The number of hydrogen-bond donors (Lipinski definition) is 1. The van der Waals surface area contributed by atoms with Gasteiger partial charge in [0.25, 0.3) is 0 Å². The summed E-state index contributed by atoms with van der Waals surface area (Å²) < 4.78 is 10.6. The van der Waals surface area contributed by atoms with Crippen LogP contribution in [0.3, 0.4) is 0 Å². The topological polar surface area (TPSA) is 50.8 Å². The second-order valence-electron chi connectivity index (χ2n) is 5.62. The number of ether oxygens (including phenoxy) is 2. The van der Waals surface area contributed by atoms with Crippen molar-refractivity contribution in [2.75, 3.05) is 38.7 Å². The molecule has 122 valence electrons. The second kappa shape index (κ2) is 8.76. The minimum absolute atomic E-state index is 0.0408. The average Bonchev–Trinajstić information content (AvgIpc) is 2.55. The first-order valence-corrected chi connectivity index (χ1v) is 7.98. The zero-order valence-corrected chi connectivity index (χ0v) is 13.5. The molecular formula is C17H26N2O3. The molecule has 5 heteroatoms. The molecule has 22 heavy (non-hydrogen) atoms. The number of carbonyl (C=O) groups excluding carboxylic acids is 1. The molecule has 2 amide bonds. The van der Waals surface area contributed by atoms with E-state index in [4.69, 9.17) is 9.47 Å². The van der Waals surface area contributed by atoms with Gasteiger partial charge in [-0.15, -0.1) is 0 Å². The third-order valence-electron chi connectivity index (χ3n) is 3.80. The van der Waals surface area contributed by atoms with Gasteiger partial charge in [-0.2, -0.15) is 0 Å². The van der Waals surface area contributed by atoms with E-state index in [9.17, 15) is 4.79 Å². The molecule has 0 aliphatic carbocycles. The van der Waals surface area contributed by atoms with Crippen LogP contribution < -0.4 is 5.32 Å². The number of nitrogens with one attached hydrogen (secondary N) is 1. The zero-order chi connectivity index (χ0) is 15.8. The van der Waals surface area contributed by atoms with Crippen LogP contribution in [0.25, 0.3) is 0 Å². The van der Waals surface area contributed by atoms with E-state index in [-0.39, 0.29) is 12.1 Å². The maximum atomic E-state index is 12.3. The van der Waals surface area contributed by atoms with Gasteiger partial charge < -0.3 is 19.7 Å². The third-order valence-corrected chi connectivity index (χ3v) is 3.80. The van der Waals surface area contributed by atoms with E-state index >= 15 is 0 Å². The Bertz CT molecular complexity index is 459. The molecule has 0 bridgehead atoms. The van der Waals surface area contributed by atoms with Crippen LogP contribution in [0.5, 0.6) is 0 Å². The number of urea groups is 1. The van der Waals surface area contributed by atoms with Gasteiger partial charge in [-0.3, -0.25) is 0 Å². The zero-order valence-electron chi connectivity index (χ0n) is 13.5. The molecule has 1 N–H and O–H groups in total. The normalized spacial score (nSPS) is 18.3. The summed E-state index contributed by atoms with van der Waals surface area (Å²) in [6.07, 6.45) is 3.44. The second-order valence-corrected chi connectivity index (χ2v) is 5.62.